The lowest BCUT2D eigenvalue weighted by Gasteiger charge is -2.26. The van der Waals surface area contributed by atoms with Gasteiger partial charge in [0.05, 0.1) is 5.69 Å². The van der Waals surface area contributed by atoms with Crippen LogP contribution in [0.15, 0.2) is 12.1 Å². The van der Waals surface area contributed by atoms with Gasteiger partial charge in [0.15, 0.2) is 0 Å². The van der Waals surface area contributed by atoms with Gasteiger partial charge in [-0.2, -0.15) is 0 Å². The highest BCUT2D eigenvalue weighted by atomic mass is 16.3. The minimum atomic E-state index is -0.158. The van der Waals surface area contributed by atoms with Crippen LogP contribution in [0.4, 0.5) is 5.69 Å². The zero-order valence-corrected chi connectivity index (χ0v) is 9.99. The van der Waals surface area contributed by atoms with Crippen LogP contribution < -0.4 is 4.90 Å². The molecule has 0 unspecified atom stereocenters. The van der Waals surface area contributed by atoms with E-state index in [0.29, 0.717) is 30.5 Å². The molecule has 1 aromatic rings. The fourth-order valence-corrected chi connectivity index (χ4v) is 2.05. The molecule has 0 saturated carbocycles. The molecular formula is C13H15NO3. The first-order valence-electron chi connectivity index (χ1n) is 5.66. The zero-order chi connectivity index (χ0) is 12.6. The number of carbonyl (C=O) groups is 2. The van der Waals surface area contributed by atoms with E-state index >= 15 is 0 Å². The zero-order valence-electron chi connectivity index (χ0n) is 9.99. The summed E-state index contributed by atoms with van der Waals surface area (Å²) >= 11 is 0. The third-order valence-corrected chi connectivity index (χ3v) is 3.04. The number of carbonyl (C=O) groups excluding carboxylic acids is 2. The molecule has 4 heteroatoms. The van der Waals surface area contributed by atoms with Crippen molar-refractivity contribution in [2.75, 3.05) is 4.90 Å². The van der Waals surface area contributed by atoms with Crippen LogP contribution in [0.3, 0.4) is 0 Å². The maximum Gasteiger partial charge on any atom is 0.233 e. The first-order valence-corrected chi connectivity index (χ1v) is 5.66. The Bertz CT molecular complexity index is 478. The second-order valence-corrected chi connectivity index (χ2v) is 4.40. The van der Waals surface area contributed by atoms with Gasteiger partial charge >= 0.3 is 0 Å². The van der Waals surface area contributed by atoms with Crippen LogP contribution in [0.2, 0.25) is 0 Å². The molecule has 0 radical (unpaired) electrons. The highest BCUT2D eigenvalue weighted by Crippen LogP contribution is 2.30. The normalized spacial score (nSPS) is 16.5. The SMILES string of the molecule is Cc1cc(N2C(=O)CCCC2=O)c(C)cc1O. The predicted molar refractivity (Wildman–Crippen MR) is 63.9 cm³/mol. The molecule has 17 heavy (non-hydrogen) atoms. The fraction of sp³-hybridized carbons (Fsp3) is 0.385. The summed E-state index contributed by atoms with van der Waals surface area (Å²) in [5.41, 5.74) is 1.99. The average molecular weight is 233 g/mol. The standard InChI is InChI=1S/C13H15NO3/c1-8-7-11(15)9(2)6-10(8)14-12(16)4-3-5-13(14)17/h6-7,15H,3-5H2,1-2H3. The third kappa shape index (κ3) is 2.02. The molecule has 1 aliphatic heterocycles. The number of aryl methyl sites for hydroxylation is 2. The number of phenolic OH excluding ortho intramolecular Hbond substituents is 1. The van der Waals surface area contributed by atoms with Crippen LogP contribution in [-0.2, 0) is 9.59 Å². The predicted octanol–water partition coefficient (Wildman–Crippen LogP) is 2.05. The topological polar surface area (TPSA) is 57.6 Å². The van der Waals surface area contributed by atoms with Crippen molar-refractivity contribution in [3.63, 3.8) is 0 Å². The number of anilines is 1. The summed E-state index contributed by atoms with van der Waals surface area (Å²) in [5, 5.41) is 9.57. The number of rotatable bonds is 1. The van der Waals surface area contributed by atoms with Gasteiger partial charge in [0.1, 0.15) is 5.75 Å². The highest BCUT2D eigenvalue weighted by molar-refractivity contribution is 6.16. The lowest BCUT2D eigenvalue weighted by atomic mass is 10.0. The van der Waals surface area contributed by atoms with Gasteiger partial charge in [0.2, 0.25) is 11.8 Å². The number of aromatic hydroxyl groups is 1. The molecule has 1 saturated heterocycles. The van der Waals surface area contributed by atoms with E-state index in [1.165, 1.54) is 4.90 Å². The molecule has 1 fully saturated rings. The number of imide groups is 1. The van der Waals surface area contributed by atoms with Gasteiger partial charge in [-0.15, -0.1) is 0 Å². The van der Waals surface area contributed by atoms with Gasteiger partial charge in [-0.3, -0.25) is 14.5 Å². The minimum absolute atomic E-state index is 0.158. The molecule has 0 spiro atoms. The van der Waals surface area contributed by atoms with Crippen molar-refractivity contribution >= 4 is 17.5 Å². The summed E-state index contributed by atoms with van der Waals surface area (Å²) in [6.45, 7) is 3.53. The van der Waals surface area contributed by atoms with Gasteiger partial charge in [-0.05, 0) is 43.5 Å². The van der Waals surface area contributed by atoms with E-state index in [1.807, 2.05) is 0 Å². The van der Waals surface area contributed by atoms with E-state index < -0.39 is 0 Å². The Morgan fingerprint density at radius 2 is 1.65 bits per heavy atom. The Kier molecular flexibility index (Phi) is 2.88. The summed E-state index contributed by atoms with van der Waals surface area (Å²) in [6, 6.07) is 3.27. The second-order valence-electron chi connectivity index (χ2n) is 4.40. The van der Waals surface area contributed by atoms with E-state index in [0.717, 1.165) is 5.56 Å². The summed E-state index contributed by atoms with van der Waals surface area (Å²) in [6.07, 6.45) is 1.44. The maximum atomic E-state index is 11.8. The molecule has 4 nitrogen and oxygen atoms in total. The number of hydrogen-bond acceptors (Lipinski definition) is 3. The third-order valence-electron chi connectivity index (χ3n) is 3.04. The first-order chi connectivity index (χ1) is 8.00. The van der Waals surface area contributed by atoms with E-state index in [9.17, 15) is 14.7 Å². The molecule has 1 aromatic carbocycles. The number of hydrogen-bond donors (Lipinski definition) is 1. The number of nitrogens with zero attached hydrogens (tertiary/aromatic N) is 1. The molecule has 1 N–H and O–H groups in total. The van der Waals surface area contributed by atoms with Gasteiger partial charge < -0.3 is 5.11 Å². The molecule has 0 atom stereocenters. The van der Waals surface area contributed by atoms with Crippen LogP contribution in [0, 0.1) is 13.8 Å². The van der Waals surface area contributed by atoms with Crippen molar-refractivity contribution in [2.45, 2.75) is 33.1 Å². The van der Waals surface area contributed by atoms with E-state index in [2.05, 4.69) is 0 Å². The van der Waals surface area contributed by atoms with Crippen molar-refractivity contribution in [3.8, 4) is 5.75 Å². The van der Waals surface area contributed by atoms with Crippen LogP contribution >= 0.6 is 0 Å². The quantitative estimate of drug-likeness (QED) is 0.755. The van der Waals surface area contributed by atoms with Gasteiger partial charge in [-0.1, -0.05) is 0 Å². The smallest absolute Gasteiger partial charge is 0.233 e. The summed E-state index contributed by atoms with van der Waals surface area (Å²) < 4.78 is 0. The van der Waals surface area contributed by atoms with Crippen LogP contribution in [0.1, 0.15) is 30.4 Å². The van der Waals surface area contributed by atoms with Crippen molar-refractivity contribution in [1.82, 2.24) is 0 Å². The van der Waals surface area contributed by atoms with E-state index in [4.69, 9.17) is 0 Å². The van der Waals surface area contributed by atoms with Crippen molar-refractivity contribution < 1.29 is 14.7 Å². The Morgan fingerprint density at radius 3 is 2.24 bits per heavy atom. The maximum absolute atomic E-state index is 11.8. The fourth-order valence-electron chi connectivity index (χ4n) is 2.05. The summed E-state index contributed by atoms with van der Waals surface area (Å²) in [4.78, 5) is 24.8. The lowest BCUT2D eigenvalue weighted by molar-refractivity contribution is -0.129. The molecule has 2 rings (SSSR count). The van der Waals surface area contributed by atoms with Gasteiger partial charge in [0.25, 0.3) is 0 Å². The van der Waals surface area contributed by atoms with Crippen LogP contribution in [0.5, 0.6) is 5.75 Å². The van der Waals surface area contributed by atoms with Gasteiger partial charge in [-0.25, -0.2) is 0 Å². The van der Waals surface area contributed by atoms with Crippen LogP contribution in [0.25, 0.3) is 0 Å². The van der Waals surface area contributed by atoms with E-state index in [-0.39, 0.29) is 17.6 Å². The Hall–Kier alpha value is -1.84. The van der Waals surface area contributed by atoms with Crippen molar-refractivity contribution in [2.24, 2.45) is 0 Å². The number of piperidine rings is 1. The van der Waals surface area contributed by atoms with Crippen molar-refractivity contribution in [1.29, 1.82) is 0 Å². The second kappa shape index (κ2) is 4.20. The molecule has 1 heterocycles. The lowest BCUT2D eigenvalue weighted by Crippen LogP contribution is -2.40. The monoisotopic (exact) mass is 233 g/mol. The molecule has 0 bridgehead atoms. The number of amides is 2. The summed E-state index contributed by atoms with van der Waals surface area (Å²) in [7, 11) is 0. The summed E-state index contributed by atoms with van der Waals surface area (Å²) in [5.74, 6) is -0.132. The largest absolute Gasteiger partial charge is 0.508 e. The molecule has 2 amide bonds. The van der Waals surface area contributed by atoms with Crippen molar-refractivity contribution in [3.05, 3.63) is 23.3 Å². The first kappa shape index (κ1) is 11.6. The van der Waals surface area contributed by atoms with Gasteiger partial charge in [0, 0.05) is 12.8 Å². The molecule has 0 aromatic heterocycles. The highest BCUT2D eigenvalue weighted by Gasteiger charge is 2.28. The number of benzene rings is 1. The average Bonchev–Trinajstić information content (AvgIpc) is 2.25. The molecule has 1 aliphatic rings. The molecule has 0 aliphatic carbocycles. The Morgan fingerprint density at radius 1 is 1.06 bits per heavy atom. The van der Waals surface area contributed by atoms with E-state index in [1.54, 1.807) is 26.0 Å². The molecule has 90 valence electrons. The Labute approximate surface area is 99.9 Å². The minimum Gasteiger partial charge on any atom is -0.508 e. The molecular weight excluding hydrogens is 218 g/mol. The number of phenols is 1. The van der Waals surface area contributed by atoms with Crippen LogP contribution in [-0.4, -0.2) is 16.9 Å². The Balaban J connectivity index is 2.48.